The van der Waals surface area contributed by atoms with E-state index in [0.717, 1.165) is 6.42 Å². The number of methoxy groups -OCH3 is 1. The van der Waals surface area contributed by atoms with Crippen LogP contribution in [0.2, 0.25) is 0 Å². The molecule has 0 unspecified atom stereocenters. The van der Waals surface area contributed by atoms with Gasteiger partial charge < -0.3 is 15.0 Å². The molecule has 1 saturated heterocycles. The van der Waals surface area contributed by atoms with Crippen molar-refractivity contribution in [2.75, 3.05) is 20.2 Å². The van der Waals surface area contributed by atoms with Crippen LogP contribution in [0.15, 0.2) is 30.3 Å². The van der Waals surface area contributed by atoms with Gasteiger partial charge in [-0.1, -0.05) is 18.2 Å². The third-order valence-corrected chi connectivity index (χ3v) is 3.00. The first-order valence-electron chi connectivity index (χ1n) is 5.89. The van der Waals surface area contributed by atoms with E-state index in [1.165, 1.54) is 7.11 Å². The summed E-state index contributed by atoms with van der Waals surface area (Å²) < 4.78 is 4.54. The summed E-state index contributed by atoms with van der Waals surface area (Å²) in [6.45, 7) is 1.19. The van der Waals surface area contributed by atoms with Crippen LogP contribution in [0.1, 0.15) is 16.8 Å². The second kappa shape index (κ2) is 5.53. The molecular formula is C13H16N2O3. The molecule has 5 heteroatoms. The Morgan fingerprint density at radius 2 is 2.06 bits per heavy atom. The number of carbonyl (C=O) groups excluding carboxylic acids is 2. The molecule has 1 fully saturated rings. The van der Waals surface area contributed by atoms with Crippen molar-refractivity contribution >= 4 is 12.0 Å². The zero-order valence-corrected chi connectivity index (χ0v) is 10.3. The molecule has 1 aromatic carbocycles. The highest BCUT2D eigenvalue weighted by Crippen LogP contribution is 2.13. The highest BCUT2D eigenvalue weighted by atomic mass is 16.5. The molecule has 0 spiro atoms. The quantitative estimate of drug-likeness (QED) is 0.857. The highest BCUT2D eigenvalue weighted by Gasteiger charge is 2.27. The van der Waals surface area contributed by atoms with Crippen LogP contribution in [0.25, 0.3) is 0 Å². The maximum absolute atomic E-state index is 12.1. The predicted octanol–water partition coefficient (Wildman–Crippen LogP) is 1.26. The smallest absolute Gasteiger partial charge is 0.407 e. The molecule has 2 amide bonds. The summed E-state index contributed by atoms with van der Waals surface area (Å²) in [4.78, 5) is 25.0. The Labute approximate surface area is 106 Å². The minimum absolute atomic E-state index is 0.00441. The fourth-order valence-electron chi connectivity index (χ4n) is 2.05. The average molecular weight is 248 g/mol. The van der Waals surface area contributed by atoms with E-state index in [-0.39, 0.29) is 11.9 Å². The van der Waals surface area contributed by atoms with Crippen LogP contribution in [0, 0.1) is 0 Å². The number of nitrogens with one attached hydrogen (secondary N) is 1. The molecule has 0 aromatic heterocycles. The fraction of sp³-hybridized carbons (Fsp3) is 0.385. The first kappa shape index (κ1) is 12.4. The molecule has 0 bridgehead atoms. The van der Waals surface area contributed by atoms with Gasteiger partial charge in [0.15, 0.2) is 0 Å². The average Bonchev–Trinajstić information content (AvgIpc) is 2.87. The van der Waals surface area contributed by atoms with Crippen molar-refractivity contribution in [1.82, 2.24) is 10.2 Å². The normalized spacial score (nSPS) is 18.5. The molecule has 5 nitrogen and oxygen atoms in total. The first-order valence-corrected chi connectivity index (χ1v) is 5.89. The van der Waals surface area contributed by atoms with Gasteiger partial charge in [0.05, 0.1) is 13.2 Å². The zero-order chi connectivity index (χ0) is 13.0. The molecule has 2 rings (SSSR count). The highest BCUT2D eigenvalue weighted by molar-refractivity contribution is 5.94. The largest absolute Gasteiger partial charge is 0.453 e. The van der Waals surface area contributed by atoms with Gasteiger partial charge in [0.1, 0.15) is 0 Å². The summed E-state index contributed by atoms with van der Waals surface area (Å²) in [6.07, 6.45) is 0.308. The second-order valence-corrected chi connectivity index (χ2v) is 4.24. The molecule has 0 aliphatic carbocycles. The molecule has 18 heavy (non-hydrogen) atoms. The number of ether oxygens (including phenoxy) is 1. The van der Waals surface area contributed by atoms with Gasteiger partial charge in [-0.05, 0) is 18.6 Å². The zero-order valence-electron chi connectivity index (χ0n) is 10.3. The number of nitrogens with zero attached hydrogens (tertiary/aromatic N) is 1. The molecule has 1 N–H and O–H groups in total. The van der Waals surface area contributed by atoms with Gasteiger partial charge in [-0.15, -0.1) is 0 Å². The molecule has 1 atom stereocenters. The summed E-state index contributed by atoms with van der Waals surface area (Å²) in [6, 6.07) is 9.13. The number of alkyl carbamates (subject to hydrolysis) is 1. The van der Waals surface area contributed by atoms with E-state index in [2.05, 4.69) is 10.1 Å². The van der Waals surface area contributed by atoms with Crippen LogP contribution in [0.4, 0.5) is 4.79 Å². The monoisotopic (exact) mass is 248 g/mol. The van der Waals surface area contributed by atoms with Crippen molar-refractivity contribution in [1.29, 1.82) is 0 Å². The molecule has 1 aromatic rings. The van der Waals surface area contributed by atoms with E-state index < -0.39 is 6.09 Å². The van der Waals surface area contributed by atoms with E-state index in [1.807, 2.05) is 18.2 Å². The van der Waals surface area contributed by atoms with Gasteiger partial charge in [0, 0.05) is 18.7 Å². The lowest BCUT2D eigenvalue weighted by atomic mass is 10.2. The number of benzene rings is 1. The maximum Gasteiger partial charge on any atom is 0.407 e. The van der Waals surface area contributed by atoms with Crippen molar-refractivity contribution in [3.05, 3.63) is 35.9 Å². The van der Waals surface area contributed by atoms with E-state index in [4.69, 9.17) is 0 Å². The third kappa shape index (κ3) is 2.80. The Morgan fingerprint density at radius 3 is 2.72 bits per heavy atom. The summed E-state index contributed by atoms with van der Waals surface area (Å²) >= 11 is 0. The lowest BCUT2D eigenvalue weighted by Gasteiger charge is -2.16. The van der Waals surface area contributed by atoms with Crippen molar-refractivity contribution in [2.45, 2.75) is 12.5 Å². The van der Waals surface area contributed by atoms with Gasteiger partial charge >= 0.3 is 6.09 Å². The fourth-order valence-corrected chi connectivity index (χ4v) is 2.05. The second-order valence-electron chi connectivity index (χ2n) is 4.24. The van der Waals surface area contributed by atoms with Crippen molar-refractivity contribution in [3.63, 3.8) is 0 Å². The molecule has 1 aliphatic heterocycles. The number of hydrogen-bond acceptors (Lipinski definition) is 3. The molecule has 96 valence electrons. The summed E-state index contributed by atoms with van der Waals surface area (Å²) in [5, 5.41) is 2.71. The Bertz CT molecular complexity index is 433. The Morgan fingerprint density at radius 1 is 1.33 bits per heavy atom. The standard InChI is InChI=1S/C13H16N2O3/c1-18-13(17)14-11-7-8-15(9-11)12(16)10-5-3-2-4-6-10/h2-6,11H,7-9H2,1H3,(H,14,17)/t11-/m0/s1. The lowest BCUT2D eigenvalue weighted by molar-refractivity contribution is 0.0788. The maximum atomic E-state index is 12.1. The number of carbonyl (C=O) groups is 2. The Hall–Kier alpha value is -2.04. The Balaban J connectivity index is 1.93. The third-order valence-electron chi connectivity index (χ3n) is 3.00. The summed E-state index contributed by atoms with van der Waals surface area (Å²) in [5.74, 6) is 0.00441. The van der Waals surface area contributed by atoms with Gasteiger partial charge in [0.2, 0.25) is 0 Å². The lowest BCUT2D eigenvalue weighted by Crippen LogP contribution is -2.38. The van der Waals surface area contributed by atoms with Crippen molar-refractivity contribution in [2.24, 2.45) is 0 Å². The molecule has 0 radical (unpaired) electrons. The predicted molar refractivity (Wildman–Crippen MR) is 66.3 cm³/mol. The Kier molecular flexibility index (Phi) is 3.82. The minimum atomic E-state index is -0.450. The van der Waals surface area contributed by atoms with Crippen LogP contribution in [0.5, 0.6) is 0 Å². The van der Waals surface area contributed by atoms with Crippen molar-refractivity contribution < 1.29 is 14.3 Å². The number of hydrogen-bond donors (Lipinski definition) is 1. The van der Waals surface area contributed by atoms with Crippen molar-refractivity contribution in [3.8, 4) is 0 Å². The van der Waals surface area contributed by atoms with Gasteiger partial charge in [-0.2, -0.15) is 0 Å². The SMILES string of the molecule is COC(=O)N[C@H]1CCN(C(=O)c2ccccc2)C1. The molecular weight excluding hydrogens is 232 g/mol. The summed E-state index contributed by atoms with van der Waals surface area (Å²) in [7, 11) is 1.33. The van der Waals surface area contributed by atoms with Gasteiger partial charge in [-0.3, -0.25) is 4.79 Å². The van der Waals surface area contributed by atoms with Crippen LogP contribution >= 0.6 is 0 Å². The van der Waals surface area contributed by atoms with Crippen LogP contribution < -0.4 is 5.32 Å². The van der Waals surface area contributed by atoms with Gasteiger partial charge in [0.25, 0.3) is 5.91 Å². The minimum Gasteiger partial charge on any atom is -0.453 e. The van der Waals surface area contributed by atoms with E-state index >= 15 is 0 Å². The molecule has 1 aliphatic rings. The summed E-state index contributed by atoms with van der Waals surface area (Å²) in [5.41, 5.74) is 0.677. The number of rotatable bonds is 2. The van der Waals surface area contributed by atoms with Gasteiger partial charge in [-0.25, -0.2) is 4.79 Å². The molecule has 0 saturated carbocycles. The van der Waals surface area contributed by atoms with E-state index in [0.29, 0.717) is 18.7 Å². The van der Waals surface area contributed by atoms with E-state index in [9.17, 15) is 9.59 Å². The number of amides is 2. The van der Waals surface area contributed by atoms with Crippen LogP contribution in [-0.2, 0) is 4.74 Å². The molecule has 1 heterocycles. The van der Waals surface area contributed by atoms with Crippen LogP contribution in [0.3, 0.4) is 0 Å². The van der Waals surface area contributed by atoms with Crippen LogP contribution in [-0.4, -0.2) is 43.1 Å². The first-order chi connectivity index (χ1) is 8.70. The topological polar surface area (TPSA) is 58.6 Å². The van der Waals surface area contributed by atoms with E-state index in [1.54, 1.807) is 17.0 Å². The number of likely N-dealkylation sites (tertiary alicyclic amines) is 1.